The molecule has 1 saturated heterocycles. The number of ether oxygens (including phenoxy) is 1. The van der Waals surface area contributed by atoms with Crippen LogP contribution >= 0.6 is 11.3 Å². The number of amides is 2. The molecule has 1 aliphatic heterocycles. The van der Waals surface area contributed by atoms with Crippen LogP contribution in [0.1, 0.15) is 104 Å². The number of fused-ring (bicyclic) bond motifs is 1. The maximum Gasteiger partial charge on any atom is 0.256 e. The highest BCUT2D eigenvalue weighted by Crippen LogP contribution is 2.44. The Hall–Kier alpha value is -2.39. The molecule has 9 heteroatoms. The molecule has 1 aromatic carbocycles. The van der Waals surface area contributed by atoms with Crippen molar-refractivity contribution in [3.8, 4) is 5.75 Å². The summed E-state index contributed by atoms with van der Waals surface area (Å²) in [7, 11) is -3.12. The lowest BCUT2D eigenvalue weighted by Crippen LogP contribution is -2.36. The zero-order chi connectivity index (χ0) is 28.9. The largest absolute Gasteiger partial charge is 0.494 e. The second-order valence-corrected chi connectivity index (χ2v) is 15.7. The maximum atomic E-state index is 13.5. The van der Waals surface area contributed by atoms with Gasteiger partial charge in [-0.2, -0.15) is 0 Å². The van der Waals surface area contributed by atoms with E-state index in [-0.39, 0.29) is 28.7 Å². The van der Waals surface area contributed by atoms with Crippen LogP contribution in [0.25, 0.3) is 0 Å². The summed E-state index contributed by atoms with van der Waals surface area (Å²) in [6.45, 7) is 9.59. The van der Waals surface area contributed by atoms with Gasteiger partial charge in [-0.3, -0.25) is 9.59 Å². The van der Waals surface area contributed by atoms with E-state index in [1.54, 1.807) is 12.1 Å². The Kier molecular flexibility index (Phi) is 9.98. The molecule has 2 N–H and O–H groups in total. The molecule has 0 saturated carbocycles. The summed E-state index contributed by atoms with van der Waals surface area (Å²) in [6.07, 6.45) is 8.87. The lowest BCUT2D eigenvalue weighted by atomic mass is 9.72. The molecule has 2 atom stereocenters. The highest BCUT2D eigenvalue weighted by atomic mass is 32.2. The standard InChI is InChI=1S/C31H44N2O5S2/c1-5-6-7-8-9-17-38-24-13-10-21(11-14-24)28(34)33-30-27(29(35)32-23-16-18-40(36,37)20-23)25-15-12-22(31(2,3)4)19-26(25)39-30/h10-11,13-14,22-23H,5-9,12,15-20H2,1-4H3,(H,32,35)(H,33,34). The van der Waals surface area contributed by atoms with Crippen molar-refractivity contribution in [3.63, 3.8) is 0 Å². The summed E-state index contributed by atoms with van der Waals surface area (Å²) in [5.41, 5.74) is 2.11. The Labute approximate surface area is 243 Å². The van der Waals surface area contributed by atoms with Gasteiger partial charge >= 0.3 is 0 Å². The van der Waals surface area contributed by atoms with E-state index in [1.165, 1.54) is 30.6 Å². The van der Waals surface area contributed by atoms with E-state index in [2.05, 4.69) is 38.3 Å². The van der Waals surface area contributed by atoms with E-state index in [4.69, 9.17) is 4.74 Å². The van der Waals surface area contributed by atoms with Gasteiger partial charge in [0.05, 0.1) is 23.7 Å². The Balaban J connectivity index is 1.48. The second-order valence-electron chi connectivity index (χ2n) is 12.3. The number of carbonyl (C=O) groups is 2. The zero-order valence-electron chi connectivity index (χ0n) is 24.3. The first-order valence-corrected chi connectivity index (χ1v) is 17.3. The average molecular weight is 589 g/mol. The molecule has 2 heterocycles. The number of benzene rings is 1. The van der Waals surface area contributed by atoms with Crippen molar-refractivity contribution in [2.45, 2.75) is 91.5 Å². The average Bonchev–Trinajstić information content (AvgIpc) is 3.43. The monoisotopic (exact) mass is 588 g/mol. The first-order valence-electron chi connectivity index (χ1n) is 14.7. The first-order chi connectivity index (χ1) is 19.0. The van der Waals surface area contributed by atoms with Crippen molar-refractivity contribution >= 4 is 38.0 Å². The molecular weight excluding hydrogens is 544 g/mol. The van der Waals surface area contributed by atoms with Gasteiger partial charge in [-0.1, -0.05) is 53.4 Å². The predicted molar refractivity (Wildman–Crippen MR) is 162 cm³/mol. The topological polar surface area (TPSA) is 102 Å². The molecule has 1 fully saturated rings. The van der Waals surface area contributed by atoms with Gasteiger partial charge in [-0.25, -0.2) is 8.42 Å². The second kappa shape index (κ2) is 13.1. The minimum absolute atomic E-state index is 0.0357. The lowest BCUT2D eigenvalue weighted by Gasteiger charge is -2.33. The smallest absolute Gasteiger partial charge is 0.256 e. The summed E-state index contributed by atoms with van der Waals surface area (Å²) >= 11 is 1.48. The van der Waals surface area contributed by atoms with Gasteiger partial charge in [0.2, 0.25) is 0 Å². The molecule has 2 aromatic rings. The number of carbonyl (C=O) groups excluding carboxylic acids is 2. The highest BCUT2D eigenvalue weighted by Gasteiger charge is 2.36. The quantitative estimate of drug-likeness (QED) is 0.295. The molecular formula is C31H44N2O5S2. The van der Waals surface area contributed by atoms with Gasteiger partial charge in [-0.05, 0) is 73.3 Å². The number of hydrogen-bond acceptors (Lipinski definition) is 6. The number of anilines is 1. The number of rotatable bonds is 11. The molecule has 2 unspecified atom stereocenters. The van der Waals surface area contributed by atoms with Crippen molar-refractivity contribution in [2.24, 2.45) is 11.3 Å². The molecule has 40 heavy (non-hydrogen) atoms. The fourth-order valence-corrected chi connectivity index (χ4v) is 8.59. The lowest BCUT2D eigenvalue weighted by molar-refractivity contribution is 0.0941. The third kappa shape index (κ3) is 7.87. The van der Waals surface area contributed by atoms with E-state index in [1.807, 2.05) is 12.1 Å². The Morgan fingerprint density at radius 2 is 1.75 bits per heavy atom. The van der Waals surface area contributed by atoms with Crippen LogP contribution in [-0.4, -0.2) is 44.4 Å². The van der Waals surface area contributed by atoms with Crippen molar-refractivity contribution in [1.82, 2.24) is 5.32 Å². The third-order valence-electron chi connectivity index (χ3n) is 8.14. The van der Waals surface area contributed by atoms with Gasteiger partial charge in [0.25, 0.3) is 11.8 Å². The molecule has 1 aliphatic carbocycles. The summed E-state index contributed by atoms with van der Waals surface area (Å²) in [5.74, 6) is 0.693. The van der Waals surface area contributed by atoms with Crippen LogP contribution in [0, 0.1) is 11.3 Å². The Morgan fingerprint density at radius 3 is 2.40 bits per heavy atom. The number of hydrogen-bond donors (Lipinski definition) is 2. The van der Waals surface area contributed by atoms with Crippen molar-refractivity contribution in [2.75, 3.05) is 23.4 Å². The minimum Gasteiger partial charge on any atom is -0.494 e. The van der Waals surface area contributed by atoms with Crippen LogP contribution in [0.5, 0.6) is 5.75 Å². The Morgan fingerprint density at radius 1 is 1.02 bits per heavy atom. The van der Waals surface area contributed by atoms with E-state index >= 15 is 0 Å². The number of sulfone groups is 1. The molecule has 1 aromatic heterocycles. The summed E-state index contributed by atoms with van der Waals surface area (Å²) in [4.78, 5) is 27.9. The van der Waals surface area contributed by atoms with Crippen LogP contribution in [0.3, 0.4) is 0 Å². The third-order valence-corrected chi connectivity index (χ3v) is 11.1. The molecule has 2 amide bonds. The van der Waals surface area contributed by atoms with Crippen molar-refractivity contribution in [3.05, 3.63) is 45.8 Å². The van der Waals surface area contributed by atoms with E-state index in [0.717, 1.165) is 48.3 Å². The minimum atomic E-state index is -3.12. The number of thiophene rings is 1. The number of unbranched alkanes of at least 4 members (excludes halogenated alkanes) is 4. The van der Waals surface area contributed by atoms with Crippen LogP contribution < -0.4 is 15.4 Å². The van der Waals surface area contributed by atoms with Gasteiger partial charge < -0.3 is 15.4 Å². The summed E-state index contributed by atoms with van der Waals surface area (Å²) in [6, 6.07) is 6.70. The molecule has 2 aliphatic rings. The van der Waals surface area contributed by atoms with E-state index in [9.17, 15) is 18.0 Å². The van der Waals surface area contributed by atoms with Crippen molar-refractivity contribution < 1.29 is 22.7 Å². The maximum absolute atomic E-state index is 13.5. The van der Waals surface area contributed by atoms with Gasteiger partial charge in [0.15, 0.2) is 9.84 Å². The molecule has 0 spiro atoms. The van der Waals surface area contributed by atoms with Gasteiger partial charge in [0.1, 0.15) is 10.8 Å². The summed E-state index contributed by atoms with van der Waals surface area (Å²) < 4.78 is 29.8. The Bertz CT molecular complexity index is 1290. The van der Waals surface area contributed by atoms with Crippen LogP contribution in [0.15, 0.2) is 24.3 Å². The molecule has 7 nitrogen and oxygen atoms in total. The fraction of sp³-hybridized carbons (Fsp3) is 0.613. The molecule has 0 radical (unpaired) electrons. The van der Waals surface area contributed by atoms with Crippen LogP contribution in [-0.2, 0) is 22.7 Å². The first kappa shape index (κ1) is 30.6. The molecule has 220 valence electrons. The van der Waals surface area contributed by atoms with E-state index in [0.29, 0.717) is 35.1 Å². The van der Waals surface area contributed by atoms with Crippen LogP contribution in [0.2, 0.25) is 0 Å². The molecule has 0 bridgehead atoms. The molecule has 4 rings (SSSR count). The predicted octanol–water partition coefficient (Wildman–Crippen LogP) is 6.42. The van der Waals surface area contributed by atoms with E-state index < -0.39 is 15.9 Å². The van der Waals surface area contributed by atoms with Gasteiger partial charge in [0, 0.05) is 16.5 Å². The van der Waals surface area contributed by atoms with Crippen LogP contribution in [0.4, 0.5) is 5.00 Å². The fourth-order valence-electron chi connectivity index (χ4n) is 5.59. The number of nitrogens with one attached hydrogen (secondary N) is 2. The summed E-state index contributed by atoms with van der Waals surface area (Å²) in [5, 5.41) is 6.49. The van der Waals surface area contributed by atoms with Crippen molar-refractivity contribution in [1.29, 1.82) is 0 Å². The zero-order valence-corrected chi connectivity index (χ0v) is 25.9. The SMILES string of the molecule is CCCCCCCOc1ccc(C(=O)Nc2sc3c(c2C(=O)NC2CCS(=O)(=O)C2)CCC(C(C)(C)C)C3)cc1. The highest BCUT2D eigenvalue weighted by molar-refractivity contribution is 7.91. The normalized spacial score (nSPS) is 20.1. The van der Waals surface area contributed by atoms with Gasteiger partial charge in [-0.15, -0.1) is 11.3 Å².